The van der Waals surface area contributed by atoms with E-state index >= 15 is 0 Å². The molecular formula is C13H18N2O4S. The Bertz CT molecular complexity index is 489. The van der Waals surface area contributed by atoms with Crippen LogP contribution in [0.1, 0.15) is 24.2 Å². The number of aromatic carboxylic acids is 1. The maximum absolute atomic E-state index is 10.9. The van der Waals surface area contributed by atoms with Gasteiger partial charge in [0.1, 0.15) is 5.56 Å². The third-order valence-corrected chi connectivity index (χ3v) is 3.94. The van der Waals surface area contributed by atoms with Crippen LogP contribution in [0.25, 0.3) is 0 Å². The minimum atomic E-state index is -1.28. The molecule has 1 aromatic carbocycles. The molecule has 0 saturated carbocycles. The van der Waals surface area contributed by atoms with E-state index < -0.39 is 10.9 Å². The lowest BCUT2D eigenvalue weighted by atomic mass is 10.2. The van der Waals surface area contributed by atoms with Crippen LogP contribution in [0.5, 0.6) is 0 Å². The van der Waals surface area contributed by atoms with E-state index in [2.05, 4.69) is 18.7 Å². The summed E-state index contributed by atoms with van der Waals surface area (Å²) in [6, 6.07) is 4.24. The highest BCUT2D eigenvalue weighted by atomic mass is 32.2. The smallest absolute Gasteiger partial charge is 0.342 e. The topological polar surface area (TPSA) is 83.7 Å². The SMILES string of the molecule is CCN(CC)CCSc1ccc(C(=O)O)c([N+](=O)[O-])c1. The number of carbonyl (C=O) groups is 1. The molecule has 7 heteroatoms. The predicted molar refractivity (Wildman–Crippen MR) is 78.6 cm³/mol. The Balaban J connectivity index is 2.75. The minimum absolute atomic E-state index is 0.275. The lowest BCUT2D eigenvalue weighted by Gasteiger charge is -2.17. The van der Waals surface area contributed by atoms with E-state index in [4.69, 9.17) is 5.11 Å². The summed E-state index contributed by atoms with van der Waals surface area (Å²) in [6.45, 7) is 7.00. The van der Waals surface area contributed by atoms with Gasteiger partial charge in [-0.25, -0.2) is 4.79 Å². The van der Waals surface area contributed by atoms with E-state index in [0.717, 1.165) is 25.4 Å². The second kappa shape index (κ2) is 7.86. The highest BCUT2D eigenvalue weighted by Crippen LogP contribution is 2.26. The van der Waals surface area contributed by atoms with Crippen LogP contribution in [0, 0.1) is 10.1 Å². The van der Waals surface area contributed by atoms with Gasteiger partial charge in [-0.15, -0.1) is 11.8 Å². The van der Waals surface area contributed by atoms with Crippen LogP contribution in [0.15, 0.2) is 23.1 Å². The Kier molecular flexibility index (Phi) is 6.47. The first-order valence-electron chi connectivity index (χ1n) is 6.36. The number of rotatable bonds is 8. The van der Waals surface area contributed by atoms with Gasteiger partial charge in [0.15, 0.2) is 0 Å². The van der Waals surface area contributed by atoms with Crippen LogP contribution in [-0.2, 0) is 0 Å². The van der Waals surface area contributed by atoms with Crippen molar-refractivity contribution in [2.45, 2.75) is 18.7 Å². The second-order valence-corrected chi connectivity index (χ2v) is 5.28. The summed E-state index contributed by atoms with van der Waals surface area (Å²) in [5, 5.41) is 19.8. The molecule has 0 amide bonds. The van der Waals surface area contributed by atoms with Crippen molar-refractivity contribution in [1.82, 2.24) is 4.90 Å². The molecule has 0 heterocycles. The summed E-state index contributed by atoms with van der Waals surface area (Å²) >= 11 is 1.49. The fourth-order valence-corrected chi connectivity index (χ4v) is 2.71. The summed E-state index contributed by atoms with van der Waals surface area (Å²) in [4.78, 5) is 24.1. The van der Waals surface area contributed by atoms with Gasteiger partial charge in [-0.2, -0.15) is 0 Å². The zero-order chi connectivity index (χ0) is 15.1. The fourth-order valence-electron chi connectivity index (χ4n) is 1.77. The molecule has 20 heavy (non-hydrogen) atoms. The Morgan fingerprint density at radius 1 is 1.40 bits per heavy atom. The molecule has 0 aliphatic rings. The highest BCUT2D eigenvalue weighted by Gasteiger charge is 2.20. The highest BCUT2D eigenvalue weighted by molar-refractivity contribution is 7.99. The van der Waals surface area contributed by atoms with Gasteiger partial charge in [0.05, 0.1) is 4.92 Å². The molecule has 0 unspecified atom stereocenters. The first kappa shape index (κ1) is 16.5. The molecule has 0 fully saturated rings. The first-order chi connectivity index (χ1) is 9.49. The molecule has 1 N–H and O–H groups in total. The lowest BCUT2D eigenvalue weighted by molar-refractivity contribution is -0.385. The number of carboxylic acid groups (broad SMARTS) is 1. The maximum atomic E-state index is 10.9. The van der Waals surface area contributed by atoms with Gasteiger partial charge in [-0.3, -0.25) is 10.1 Å². The predicted octanol–water partition coefficient (Wildman–Crippen LogP) is 2.73. The molecule has 6 nitrogen and oxygen atoms in total. The van der Waals surface area contributed by atoms with E-state index in [1.807, 2.05) is 0 Å². The lowest BCUT2D eigenvalue weighted by Crippen LogP contribution is -2.25. The molecule has 1 aromatic rings. The molecule has 0 bridgehead atoms. The van der Waals surface area contributed by atoms with Crippen LogP contribution in [0.4, 0.5) is 5.69 Å². The van der Waals surface area contributed by atoms with E-state index in [9.17, 15) is 14.9 Å². The van der Waals surface area contributed by atoms with Crippen molar-refractivity contribution in [2.24, 2.45) is 0 Å². The third-order valence-electron chi connectivity index (χ3n) is 2.97. The molecule has 0 radical (unpaired) electrons. The van der Waals surface area contributed by atoms with Gasteiger partial charge in [-0.05, 0) is 25.2 Å². The number of benzene rings is 1. The standard InChI is InChI=1S/C13H18N2O4S/c1-3-14(4-2)7-8-20-10-5-6-11(13(16)17)12(9-10)15(18)19/h5-6,9H,3-4,7-8H2,1-2H3,(H,16,17). The van der Waals surface area contributed by atoms with Crippen molar-refractivity contribution in [3.8, 4) is 0 Å². The molecule has 0 aliphatic heterocycles. The fraction of sp³-hybridized carbons (Fsp3) is 0.462. The zero-order valence-electron chi connectivity index (χ0n) is 11.5. The summed E-state index contributed by atoms with van der Waals surface area (Å²) < 4.78 is 0. The van der Waals surface area contributed by atoms with Crippen LogP contribution in [0.3, 0.4) is 0 Å². The molecule has 0 atom stereocenters. The Morgan fingerprint density at radius 3 is 2.55 bits per heavy atom. The van der Waals surface area contributed by atoms with Gasteiger partial charge >= 0.3 is 5.97 Å². The van der Waals surface area contributed by atoms with Crippen molar-refractivity contribution in [3.63, 3.8) is 0 Å². The maximum Gasteiger partial charge on any atom is 0.342 e. The number of nitro benzene ring substituents is 1. The number of nitro groups is 1. The summed E-state index contributed by atoms with van der Waals surface area (Å²) in [7, 11) is 0. The van der Waals surface area contributed by atoms with Crippen LogP contribution >= 0.6 is 11.8 Å². The summed E-state index contributed by atoms with van der Waals surface area (Å²) in [5.41, 5.74) is -0.631. The van der Waals surface area contributed by atoms with Crippen molar-refractivity contribution in [1.29, 1.82) is 0 Å². The van der Waals surface area contributed by atoms with E-state index in [-0.39, 0.29) is 11.3 Å². The molecular weight excluding hydrogens is 280 g/mol. The van der Waals surface area contributed by atoms with E-state index in [0.29, 0.717) is 4.90 Å². The van der Waals surface area contributed by atoms with Gasteiger partial charge in [0, 0.05) is 23.3 Å². The van der Waals surface area contributed by atoms with E-state index in [1.165, 1.54) is 23.9 Å². The number of hydrogen-bond acceptors (Lipinski definition) is 5. The molecule has 0 aliphatic carbocycles. The zero-order valence-corrected chi connectivity index (χ0v) is 12.4. The summed E-state index contributed by atoms with van der Waals surface area (Å²) in [6.07, 6.45) is 0. The monoisotopic (exact) mass is 298 g/mol. The average Bonchev–Trinajstić information content (AvgIpc) is 2.43. The van der Waals surface area contributed by atoms with Crippen molar-refractivity contribution >= 4 is 23.4 Å². The Hall–Kier alpha value is -1.60. The number of thioether (sulfide) groups is 1. The summed E-state index contributed by atoms with van der Waals surface area (Å²) in [5.74, 6) is -0.470. The molecule has 0 spiro atoms. The van der Waals surface area contributed by atoms with Gasteiger partial charge in [0.2, 0.25) is 0 Å². The van der Waals surface area contributed by atoms with E-state index in [1.54, 1.807) is 6.07 Å². The molecule has 110 valence electrons. The number of nitrogens with zero attached hydrogens (tertiary/aromatic N) is 2. The van der Waals surface area contributed by atoms with Gasteiger partial charge in [-0.1, -0.05) is 13.8 Å². The van der Waals surface area contributed by atoms with Crippen LogP contribution < -0.4 is 0 Å². The van der Waals surface area contributed by atoms with Crippen molar-refractivity contribution in [2.75, 3.05) is 25.4 Å². The molecule has 1 rings (SSSR count). The normalized spacial score (nSPS) is 10.8. The second-order valence-electron chi connectivity index (χ2n) is 4.12. The van der Waals surface area contributed by atoms with Gasteiger partial charge < -0.3 is 10.0 Å². The molecule has 0 saturated heterocycles. The number of carboxylic acids is 1. The minimum Gasteiger partial charge on any atom is -0.477 e. The number of hydrogen-bond donors (Lipinski definition) is 1. The Labute approximate surface area is 121 Å². The van der Waals surface area contributed by atoms with Crippen molar-refractivity contribution in [3.05, 3.63) is 33.9 Å². The molecule has 0 aromatic heterocycles. The third kappa shape index (κ3) is 4.50. The average molecular weight is 298 g/mol. The van der Waals surface area contributed by atoms with Gasteiger partial charge in [0.25, 0.3) is 5.69 Å². The van der Waals surface area contributed by atoms with Crippen LogP contribution in [-0.4, -0.2) is 46.3 Å². The van der Waals surface area contributed by atoms with Crippen molar-refractivity contribution < 1.29 is 14.8 Å². The van der Waals surface area contributed by atoms with Crippen LogP contribution in [0.2, 0.25) is 0 Å². The largest absolute Gasteiger partial charge is 0.477 e. The quantitative estimate of drug-likeness (QED) is 0.451. The first-order valence-corrected chi connectivity index (χ1v) is 7.35. The Morgan fingerprint density at radius 2 is 2.05 bits per heavy atom.